The maximum atomic E-state index is 3.72. The summed E-state index contributed by atoms with van der Waals surface area (Å²) in [5.41, 5.74) is 1.27. The third-order valence-corrected chi connectivity index (χ3v) is 4.28. The highest BCUT2D eigenvalue weighted by Gasteiger charge is 2.39. The monoisotopic (exact) mass is 216 g/mol. The molecular formula is C14H20N2. The molecule has 2 heteroatoms. The van der Waals surface area contributed by atoms with E-state index in [1.54, 1.807) is 0 Å². The summed E-state index contributed by atoms with van der Waals surface area (Å²) in [7, 11) is 0. The molecule has 2 nitrogen and oxygen atoms in total. The molecular weight excluding hydrogens is 196 g/mol. The molecule has 0 aliphatic carbocycles. The predicted octanol–water partition coefficient (Wildman–Crippen LogP) is 2.58. The Morgan fingerprint density at radius 2 is 1.81 bits per heavy atom. The number of nitrogens with one attached hydrogen (secondary N) is 1. The molecule has 3 aliphatic rings. The number of fused-ring (bicyclic) bond motifs is 3. The molecule has 0 radical (unpaired) electrons. The molecule has 3 fully saturated rings. The van der Waals surface area contributed by atoms with E-state index >= 15 is 0 Å². The van der Waals surface area contributed by atoms with Crippen LogP contribution in [0.5, 0.6) is 0 Å². The van der Waals surface area contributed by atoms with Gasteiger partial charge in [0.1, 0.15) is 0 Å². The first kappa shape index (κ1) is 10.2. The van der Waals surface area contributed by atoms with E-state index < -0.39 is 0 Å². The van der Waals surface area contributed by atoms with Crippen LogP contribution >= 0.6 is 0 Å². The van der Waals surface area contributed by atoms with Crippen molar-refractivity contribution in [3.63, 3.8) is 0 Å². The van der Waals surface area contributed by atoms with Crippen molar-refractivity contribution in [3.05, 3.63) is 30.3 Å². The van der Waals surface area contributed by atoms with Crippen molar-refractivity contribution in [2.75, 3.05) is 18.4 Å². The minimum absolute atomic E-state index is 0.643. The topological polar surface area (TPSA) is 15.3 Å². The van der Waals surface area contributed by atoms with Crippen molar-refractivity contribution >= 4 is 5.69 Å². The maximum Gasteiger partial charge on any atom is 0.0443 e. The quantitative estimate of drug-likeness (QED) is 0.817. The Labute approximate surface area is 97.6 Å². The van der Waals surface area contributed by atoms with Crippen LogP contribution < -0.4 is 5.32 Å². The van der Waals surface area contributed by atoms with Crippen LogP contribution in [0.15, 0.2) is 30.3 Å². The van der Waals surface area contributed by atoms with E-state index in [1.807, 2.05) is 0 Å². The molecule has 16 heavy (non-hydrogen) atoms. The van der Waals surface area contributed by atoms with Crippen molar-refractivity contribution in [2.45, 2.75) is 31.8 Å². The zero-order valence-electron chi connectivity index (χ0n) is 9.89. The largest absolute Gasteiger partial charge is 0.380 e. The maximum absolute atomic E-state index is 3.72. The van der Waals surface area contributed by atoms with Crippen molar-refractivity contribution < 1.29 is 0 Å². The number of rotatable bonds is 2. The molecule has 2 atom stereocenters. The molecule has 1 N–H and O–H groups in total. The number of hydrogen-bond donors (Lipinski definition) is 1. The first-order chi connectivity index (χ1) is 7.84. The lowest BCUT2D eigenvalue weighted by Gasteiger charge is -2.50. The van der Waals surface area contributed by atoms with Gasteiger partial charge in [0.05, 0.1) is 0 Å². The van der Waals surface area contributed by atoms with Crippen LogP contribution in [-0.2, 0) is 0 Å². The van der Waals surface area contributed by atoms with Gasteiger partial charge < -0.3 is 5.32 Å². The van der Waals surface area contributed by atoms with E-state index in [0.29, 0.717) is 12.1 Å². The van der Waals surface area contributed by atoms with E-state index in [0.717, 1.165) is 5.92 Å². The van der Waals surface area contributed by atoms with Gasteiger partial charge in [-0.25, -0.2) is 0 Å². The summed E-state index contributed by atoms with van der Waals surface area (Å²) in [6.45, 7) is 4.98. The first-order valence-electron chi connectivity index (χ1n) is 6.40. The molecule has 2 unspecified atom stereocenters. The van der Waals surface area contributed by atoms with Crippen LogP contribution in [0.25, 0.3) is 0 Å². The third-order valence-electron chi connectivity index (χ3n) is 4.28. The Morgan fingerprint density at radius 1 is 1.12 bits per heavy atom. The summed E-state index contributed by atoms with van der Waals surface area (Å²) < 4.78 is 0. The molecule has 1 aromatic carbocycles. The van der Waals surface area contributed by atoms with Gasteiger partial charge in [-0.15, -0.1) is 0 Å². The van der Waals surface area contributed by atoms with Crippen molar-refractivity contribution in [1.29, 1.82) is 0 Å². The normalized spacial score (nSPS) is 37.3. The molecule has 2 bridgehead atoms. The Balaban J connectivity index is 1.75. The number of piperidine rings is 3. The molecule has 4 rings (SSSR count). The Kier molecular flexibility index (Phi) is 2.60. The molecule has 0 spiro atoms. The van der Waals surface area contributed by atoms with Crippen LogP contribution in [0.1, 0.15) is 19.8 Å². The lowest BCUT2D eigenvalue weighted by atomic mass is 9.79. The van der Waals surface area contributed by atoms with Crippen LogP contribution in [0.3, 0.4) is 0 Å². The summed E-state index contributed by atoms with van der Waals surface area (Å²) in [5.74, 6) is 0.875. The fourth-order valence-electron chi connectivity index (χ4n) is 3.27. The first-order valence-corrected chi connectivity index (χ1v) is 6.40. The second-order valence-corrected chi connectivity index (χ2v) is 5.15. The summed E-state index contributed by atoms with van der Waals surface area (Å²) in [5, 5.41) is 3.72. The van der Waals surface area contributed by atoms with Crippen molar-refractivity contribution in [3.8, 4) is 0 Å². The van der Waals surface area contributed by atoms with Gasteiger partial charge in [0, 0.05) is 17.8 Å². The van der Waals surface area contributed by atoms with Gasteiger partial charge in [0.2, 0.25) is 0 Å². The minimum Gasteiger partial charge on any atom is -0.380 e. The fourth-order valence-corrected chi connectivity index (χ4v) is 3.27. The number of nitrogens with zero attached hydrogens (tertiary/aromatic N) is 1. The summed E-state index contributed by atoms with van der Waals surface area (Å²) in [6, 6.07) is 12.0. The molecule has 0 saturated carbocycles. The van der Waals surface area contributed by atoms with Gasteiger partial charge in [-0.3, -0.25) is 4.90 Å². The summed E-state index contributed by atoms with van der Waals surface area (Å²) in [6.07, 6.45) is 2.74. The number of para-hydroxylation sites is 1. The predicted molar refractivity (Wildman–Crippen MR) is 67.6 cm³/mol. The Hall–Kier alpha value is -1.02. The number of benzene rings is 1. The van der Waals surface area contributed by atoms with E-state index in [1.165, 1.54) is 31.6 Å². The third kappa shape index (κ3) is 1.71. The number of anilines is 1. The van der Waals surface area contributed by atoms with Crippen molar-refractivity contribution in [2.24, 2.45) is 5.92 Å². The highest BCUT2D eigenvalue weighted by molar-refractivity contribution is 5.44. The smallest absolute Gasteiger partial charge is 0.0443 e. The average molecular weight is 216 g/mol. The lowest BCUT2D eigenvalue weighted by Crippen LogP contribution is -2.59. The van der Waals surface area contributed by atoms with E-state index in [4.69, 9.17) is 0 Å². The molecule has 3 heterocycles. The highest BCUT2D eigenvalue weighted by Crippen LogP contribution is 2.33. The zero-order valence-corrected chi connectivity index (χ0v) is 9.89. The SMILES string of the molecule is CC1C(Nc2ccccc2)C2CCN1CC2. The molecule has 0 aromatic heterocycles. The number of hydrogen-bond acceptors (Lipinski definition) is 2. The zero-order chi connectivity index (χ0) is 11.0. The van der Waals surface area contributed by atoms with Crippen molar-refractivity contribution in [1.82, 2.24) is 4.90 Å². The van der Waals surface area contributed by atoms with Gasteiger partial charge >= 0.3 is 0 Å². The lowest BCUT2D eigenvalue weighted by molar-refractivity contribution is 0.0458. The summed E-state index contributed by atoms with van der Waals surface area (Å²) in [4.78, 5) is 2.63. The van der Waals surface area contributed by atoms with E-state index in [2.05, 4.69) is 47.5 Å². The Morgan fingerprint density at radius 3 is 2.44 bits per heavy atom. The van der Waals surface area contributed by atoms with Gasteiger partial charge in [0.25, 0.3) is 0 Å². The van der Waals surface area contributed by atoms with Crippen LogP contribution in [-0.4, -0.2) is 30.1 Å². The van der Waals surface area contributed by atoms with E-state index in [9.17, 15) is 0 Å². The second kappa shape index (κ2) is 4.10. The molecule has 0 amide bonds. The van der Waals surface area contributed by atoms with Gasteiger partial charge in [-0.2, -0.15) is 0 Å². The van der Waals surface area contributed by atoms with Gasteiger partial charge in [-0.05, 0) is 50.9 Å². The molecule has 1 aromatic rings. The summed E-state index contributed by atoms with van der Waals surface area (Å²) >= 11 is 0. The minimum atomic E-state index is 0.643. The highest BCUT2D eigenvalue weighted by atomic mass is 15.2. The standard InChI is InChI=1S/C14H20N2/c1-11-14(12-7-9-16(11)10-8-12)15-13-5-3-2-4-6-13/h2-6,11-12,14-15H,7-10H2,1H3. The van der Waals surface area contributed by atoms with Crippen LogP contribution in [0.2, 0.25) is 0 Å². The molecule has 3 saturated heterocycles. The van der Waals surface area contributed by atoms with Crippen LogP contribution in [0.4, 0.5) is 5.69 Å². The Bertz CT molecular complexity index is 339. The molecule has 3 aliphatic heterocycles. The second-order valence-electron chi connectivity index (χ2n) is 5.15. The average Bonchev–Trinajstić information content (AvgIpc) is 2.36. The fraction of sp³-hybridized carbons (Fsp3) is 0.571. The molecule has 86 valence electrons. The van der Waals surface area contributed by atoms with Crippen LogP contribution in [0, 0.1) is 5.92 Å². The van der Waals surface area contributed by atoms with Gasteiger partial charge in [0.15, 0.2) is 0 Å². The van der Waals surface area contributed by atoms with Gasteiger partial charge in [-0.1, -0.05) is 18.2 Å². The van der Waals surface area contributed by atoms with E-state index in [-0.39, 0.29) is 0 Å².